The molecule has 2 aromatic rings. The van der Waals surface area contributed by atoms with Crippen LogP contribution in [0.4, 0.5) is 26.7 Å². The van der Waals surface area contributed by atoms with E-state index in [-0.39, 0.29) is 49.1 Å². The summed E-state index contributed by atoms with van der Waals surface area (Å²) >= 11 is 0. The van der Waals surface area contributed by atoms with Crippen molar-refractivity contribution >= 4 is 44.6 Å². The van der Waals surface area contributed by atoms with Crippen LogP contribution in [-0.4, -0.2) is 115 Å². The number of aromatic nitrogens is 1. The smallest absolute Gasteiger partial charge is 0.427 e. The molecule has 0 unspecified atom stereocenters. The van der Waals surface area contributed by atoms with E-state index in [1.165, 1.54) is 19.4 Å². The number of hydrogen-bond donors (Lipinski definition) is 3. The summed E-state index contributed by atoms with van der Waals surface area (Å²) in [7, 11) is -3.22. The van der Waals surface area contributed by atoms with Gasteiger partial charge in [-0.2, -0.15) is 13.2 Å². The lowest BCUT2D eigenvalue weighted by atomic mass is 10.1. The molecule has 0 bridgehead atoms. The predicted octanol–water partition coefficient (Wildman–Crippen LogP) is 5.16. The second kappa shape index (κ2) is 17.9. The topological polar surface area (TPSA) is 192 Å². The summed E-state index contributed by atoms with van der Waals surface area (Å²) in [5, 5.41) is 5.54. The predicted molar refractivity (Wildman–Crippen MR) is 210 cm³/mol. The summed E-state index contributed by atoms with van der Waals surface area (Å²) in [5.74, 6) is -4.65. The number of likely N-dealkylation sites (tertiary alicyclic amines) is 1. The summed E-state index contributed by atoms with van der Waals surface area (Å²) in [4.78, 5) is 61.5. The van der Waals surface area contributed by atoms with Gasteiger partial charge in [-0.15, -0.1) is 0 Å². The fourth-order valence-electron chi connectivity index (χ4n) is 7.15. The largest absolute Gasteiger partial charge is 0.494 e. The van der Waals surface area contributed by atoms with Crippen molar-refractivity contribution in [3.8, 4) is 11.6 Å². The molecule has 2 saturated carbocycles. The number of nitrogens with zero attached hydrogens (tertiary/aromatic N) is 2. The normalized spacial score (nSPS) is 23.4. The van der Waals surface area contributed by atoms with Crippen molar-refractivity contribution in [2.75, 3.05) is 20.3 Å². The lowest BCUT2D eigenvalue weighted by molar-refractivity contribution is -0.244. The number of fused-ring (bicyclic) bond motifs is 1. The van der Waals surface area contributed by atoms with Gasteiger partial charge in [0.15, 0.2) is 11.6 Å². The number of rotatable bonds is 18. The van der Waals surface area contributed by atoms with Gasteiger partial charge in [0.25, 0.3) is 5.91 Å². The molecule has 1 aliphatic heterocycles. The molecule has 1 aromatic carbocycles. The van der Waals surface area contributed by atoms with Crippen LogP contribution in [0.25, 0.3) is 10.8 Å². The molecular weight excluding hydrogens is 838 g/mol. The van der Waals surface area contributed by atoms with E-state index in [0.717, 1.165) is 11.0 Å². The van der Waals surface area contributed by atoms with E-state index >= 15 is 0 Å². The van der Waals surface area contributed by atoms with Crippen LogP contribution < -0.4 is 24.8 Å². The summed E-state index contributed by atoms with van der Waals surface area (Å²) in [5.41, 5.74) is -4.82. The van der Waals surface area contributed by atoms with Crippen molar-refractivity contribution in [3.63, 3.8) is 0 Å². The first-order valence-corrected chi connectivity index (χ1v) is 21.4. The highest BCUT2D eigenvalue weighted by Gasteiger charge is 2.64. The molecule has 3 fully saturated rings. The lowest BCUT2D eigenvalue weighted by Crippen LogP contribution is -2.61. The first kappa shape index (κ1) is 47.3. The van der Waals surface area contributed by atoms with Gasteiger partial charge in [-0.25, -0.2) is 27.0 Å². The van der Waals surface area contributed by atoms with Gasteiger partial charge in [-0.3, -0.25) is 19.1 Å². The van der Waals surface area contributed by atoms with Gasteiger partial charge >= 0.3 is 12.3 Å². The van der Waals surface area contributed by atoms with Crippen LogP contribution in [0.1, 0.15) is 80.1 Å². The number of alkyl halides is 4. The van der Waals surface area contributed by atoms with Crippen molar-refractivity contribution in [2.45, 2.75) is 133 Å². The van der Waals surface area contributed by atoms with Gasteiger partial charge in [0.05, 0.1) is 25.9 Å². The number of alkyl carbamates (subject to hydrolysis) is 1. The maximum absolute atomic E-state index is 14.9. The van der Waals surface area contributed by atoms with Crippen LogP contribution in [0.2, 0.25) is 0 Å². The first-order valence-electron chi connectivity index (χ1n) is 19.9. The SMILES string of the molecule is CC/C=C\[C@@H]1C[C@]1(NC(=O)[C@@H]1C[C@@H](Oc2nccc3cc(OC)c(F)cc23)CN1C(=O)[C@@H](NC(=O)OC(C)(C)C(F)(F)F)[C@H](CC)OC(C)C)C(=O)NS(=O)(=O)C1(CF)CC1. The number of allylic oxidation sites excluding steroid dienone is 1. The van der Waals surface area contributed by atoms with Gasteiger partial charge in [0.1, 0.15) is 35.1 Å². The minimum absolute atomic E-state index is 0.00730. The average molecular weight is 890 g/mol. The minimum Gasteiger partial charge on any atom is -0.494 e. The van der Waals surface area contributed by atoms with Gasteiger partial charge in [0, 0.05) is 23.9 Å². The highest BCUT2D eigenvalue weighted by atomic mass is 32.2. The number of benzene rings is 1. The molecule has 2 aliphatic carbocycles. The molecule has 0 spiro atoms. The van der Waals surface area contributed by atoms with Crippen LogP contribution in [0, 0.1) is 11.7 Å². The Hall–Kier alpha value is -4.79. The number of methoxy groups -OCH3 is 1. The highest BCUT2D eigenvalue weighted by molar-refractivity contribution is 7.91. The van der Waals surface area contributed by atoms with E-state index in [4.69, 9.17) is 18.9 Å². The van der Waals surface area contributed by atoms with E-state index < -0.39 is 111 Å². The quantitative estimate of drug-likeness (QED) is 0.132. The highest BCUT2D eigenvalue weighted by Crippen LogP contribution is 2.48. The minimum atomic E-state index is -4.99. The molecule has 3 aliphatic rings. The van der Waals surface area contributed by atoms with Crippen molar-refractivity contribution in [2.24, 2.45) is 5.92 Å². The second-order valence-electron chi connectivity index (χ2n) is 16.3. The molecule has 61 heavy (non-hydrogen) atoms. The first-order chi connectivity index (χ1) is 28.5. The summed E-state index contributed by atoms with van der Waals surface area (Å²) in [6.07, 6.45) is -4.49. The van der Waals surface area contributed by atoms with E-state index in [1.54, 1.807) is 39.0 Å². The molecule has 15 nitrogen and oxygen atoms in total. The Bertz CT molecular complexity index is 2130. The Labute approximate surface area is 350 Å². The van der Waals surface area contributed by atoms with E-state index in [2.05, 4.69) is 15.6 Å². The van der Waals surface area contributed by atoms with E-state index in [9.17, 15) is 49.5 Å². The van der Waals surface area contributed by atoms with Gasteiger partial charge < -0.3 is 34.5 Å². The Morgan fingerprint density at radius 3 is 2.38 bits per heavy atom. The Morgan fingerprint density at radius 1 is 1.11 bits per heavy atom. The van der Waals surface area contributed by atoms with Crippen LogP contribution in [0.3, 0.4) is 0 Å². The Kier molecular flexibility index (Phi) is 13.9. The number of hydrogen-bond acceptors (Lipinski definition) is 11. The molecule has 3 N–H and O–H groups in total. The van der Waals surface area contributed by atoms with Crippen LogP contribution in [0.15, 0.2) is 36.5 Å². The zero-order valence-electron chi connectivity index (χ0n) is 34.9. The third kappa shape index (κ3) is 9.97. The maximum atomic E-state index is 14.9. The number of ether oxygens (including phenoxy) is 4. The van der Waals surface area contributed by atoms with Crippen LogP contribution >= 0.6 is 0 Å². The number of halogens is 5. The molecule has 1 saturated heterocycles. The zero-order valence-corrected chi connectivity index (χ0v) is 35.7. The molecule has 4 amide bonds. The van der Waals surface area contributed by atoms with Gasteiger partial charge in [-0.1, -0.05) is 26.0 Å². The fraction of sp³-hybridized carbons (Fsp3) is 0.625. The maximum Gasteiger partial charge on any atom is 0.427 e. The summed E-state index contributed by atoms with van der Waals surface area (Å²) in [6, 6.07) is 0.851. The molecule has 21 heteroatoms. The zero-order chi connectivity index (χ0) is 45.3. The molecule has 338 valence electrons. The summed E-state index contributed by atoms with van der Waals surface area (Å²) in [6.45, 7) is 6.29. The average Bonchev–Trinajstić information content (AvgIpc) is 4.09. The fourth-order valence-corrected chi connectivity index (χ4v) is 8.57. The van der Waals surface area contributed by atoms with Crippen molar-refractivity contribution in [3.05, 3.63) is 42.4 Å². The molecule has 6 atom stereocenters. The van der Waals surface area contributed by atoms with Gasteiger partial charge in [0.2, 0.25) is 33.3 Å². The third-order valence-electron chi connectivity index (χ3n) is 11.1. The van der Waals surface area contributed by atoms with E-state index in [0.29, 0.717) is 25.7 Å². The van der Waals surface area contributed by atoms with Crippen LogP contribution in [0.5, 0.6) is 11.6 Å². The van der Waals surface area contributed by atoms with Crippen molar-refractivity contribution in [1.82, 2.24) is 25.2 Å². The number of nitrogens with one attached hydrogen (secondary N) is 3. The number of sulfonamides is 1. The number of carbonyl (C=O) groups excluding carboxylic acids is 4. The van der Waals surface area contributed by atoms with Crippen molar-refractivity contribution < 1.29 is 68.5 Å². The van der Waals surface area contributed by atoms with Crippen LogP contribution in [-0.2, 0) is 33.9 Å². The Balaban J connectivity index is 1.52. The van der Waals surface area contributed by atoms with Crippen molar-refractivity contribution in [1.29, 1.82) is 0 Å². The third-order valence-corrected chi connectivity index (χ3v) is 13.2. The molecule has 5 rings (SSSR count). The molecule has 0 radical (unpaired) electrons. The number of amides is 4. The lowest BCUT2D eigenvalue weighted by Gasteiger charge is -2.34. The van der Waals surface area contributed by atoms with Gasteiger partial charge in [-0.05, 0) is 83.4 Å². The second-order valence-corrected chi connectivity index (χ2v) is 18.4. The monoisotopic (exact) mass is 889 g/mol. The molecular formula is C40H52F5N5O10S. The number of pyridine rings is 1. The number of carbonyl (C=O) groups is 4. The Morgan fingerprint density at radius 2 is 1.80 bits per heavy atom. The standard InChI is InChI=1S/C40H52F5N5O10S/c1-8-10-11-24-19-39(24,35(53)49-61(55,56)38(21-41)13-14-38)48-32(51)28-17-25(59-33-26-18-27(42)30(57-7)16-23(26)12-15-46-33)20-50(28)34(52)31(29(9-2)58-22(3)4)47-36(54)60-37(5,6)40(43,44)45/h10-12,15-16,18,22,24-25,28-29,31H,8-9,13-14,17,19-21H2,1-7H3,(H,47,54)(H,48,51)(H,49,53)/b11-10-/t24-,25-,28+,29+,31+,39-/m1/s1. The summed E-state index contributed by atoms with van der Waals surface area (Å²) < 4.78 is 118. The van der Waals surface area contributed by atoms with E-state index in [1.807, 2.05) is 11.6 Å². The molecule has 1 aromatic heterocycles. The molecule has 2 heterocycles.